The molecule has 15 atom stereocenters. The first-order valence-corrected chi connectivity index (χ1v) is 14.1. The number of nitrogens with zero attached hydrogens (tertiary/aromatic N) is 9. The minimum atomic E-state index is -1.19. The fourth-order valence-electron chi connectivity index (χ4n) is 6.02. The number of carbonyl (C=O) groups is 2. The van der Waals surface area contributed by atoms with Gasteiger partial charge in [-0.1, -0.05) is 29.2 Å². The molecule has 0 aromatic heterocycles. The van der Waals surface area contributed by atoms with Crippen molar-refractivity contribution < 1.29 is 42.7 Å². The molecule has 3 aliphatic rings. The fraction of sp³-hybridized carbons (Fsp3) is 0.920. The molecular formula is C25H39N9O9. The molecule has 238 valence electrons. The Morgan fingerprint density at radius 3 is 1.44 bits per heavy atom. The van der Waals surface area contributed by atoms with Crippen LogP contribution in [0.3, 0.4) is 0 Å². The van der Waals surface area contributed by atoms with Crippen LogP contribution in [-0.4, -0.2) is 91.5 Å². The van der Waals surface area contributed by atoms with Crippen LogP contribution in [0.2, 0.25) is 0 Å². The van der Waals surface area contributed by atoms with E-state index in [1.165, 1.54) is 13.8 Å². The SMILES string of the molecule is CC(=O)OC1[C@@H](OC2[C@@H](O[C@@H]3C(OC(C)=O)[C@@H](C)OC(C)[C@H]3N=[N+]=[N-])OC(C)[C@@H](N=[N+]=[N-])[C@@H]2C)OC(C)[C@@H](N=[N+]=[N-])[C@@H]1C. The molecule has 3 aliphatic heterocycles. The van der Waals surface area contributed by atoms with E-state index in [2.05, 4.69) is 30.1 Å². The van der Waals surface area contributed by atoms with Crippen LogP contribution >= 0.6 is 0 Å². The van der Waals surface area contributed by atoms with E-state index < -0.39 is 103 Å². The lowest BCUT2D eigenvalue weighted by atomic mass is 9.87. The van der Waals surface area contributed by atoms with Gasteiger partial charge in [-0.25, -0.2) is 0 Å². The maximum atomic E-state index is 12.1. The average Bonchev–Trinajstić information content (AvgIpc) is 2.92. The van der Waals surface area contributed by atoms with Gasteiger partial charge in [0.15, 0.2) is 24.8 Å². The zero-order valence-corrected chi connectivity index (χ0v) is 25.4. The number of carbonyl (C=O) groups excluding carboxylic acids is 2. The van der Waals surface area contributed by atoms with Crippen molar-refractivity contribution >= 4 is 11.9 Å². The Labute approximate surface area is 248 Å². The normalized spacial score (nSPS) is 42.7. The predicted molar refractivity (Wildman–Crippen MR) is 147 cm³/mol. The van der Waals surface area contributed by atoms with Crippen molar-refractivity contribution in [1.82, 2.24) is 0 Å². The molecule has 18 heteroatoms. The van der Waals surface area contributed by atoms with Gasteiger partial charge in [0.05, 0.1) is 42.5 Å². The van der Waals surface area contributed by atoms with Gasteiger partial charge in [-0.2, -0.15) is 0 Å². The van der Waals surface area contributed by atoms with Crippen LogP contribution in [0.4, 0.5) is 0 Å². The lowest BCUT2D eigenvalue weighted by Crippen LogP contribution is -2.63. The van der Waals surface area contributed by atoms with Crippen LogP contribution in [0, 0.1) is 11.8 Å². The molecule has 0 N–H and O–H groups in total. The lowest BCUT2D eigenvalue weighted by Gasteiger charge is -2.50. The molecule has 0 aromatic carbocycles. The summed E-state index contributed by atoms with van der Waals surface area (Å²) in [5, 5.41) is 11.6. The van der Waals surface area contributed by atoms with Crippen LogP contribution in [0.1, 0.15) is 55.4 Å². The van der Waals surface area contributed by atoms with Crippen LogP contribution in [0.5, 0.6) is 0 Å². The van der Waals surface area contributed by atoms with Crippen molar-refractivity contribution in [3.8, 4) is 0 Å². The summed E-state index contributed by atoms with van der Waals surface area (Å²) in [5.41, 5.74) is 27.6. The highest BCUT2D eigenvalue weighted by Gasteiger charge is 2.53. The van der Waals surface area contributed by atoms with E-state index in [0.29, 0.717) is 0 Å². The second kappa shape index (κ2) is 14.9. The van der Waals surface area contributed by atoms with Gasteiger partial charge in [0.25, 0.3) is 0 Å². The number of esters is 2. The van der Waals surface area contributed by atoms with Crippen molar-refractivity contribution in [2.45, 2.75) is 135 Å². The first-order chi connectivity index (χ1) is 20.3. The minimum absolute atomic E-state index is 0.500. The van der Waals surface area contributed by atoms with Crippen LogP contribution in [0.15, 0.2) is 15.3 Å². The predicted octanol–water partition coefficient (Wildman–Crippen LogP) is 4.23. The Bertz CT molecular complexity index is 1160. The van der Waals surface area contributed by atoms with E-state index in [4.69, 9.17) is 38.7 Å². The van der Waals surface area contributed by atoms with Crippen LogP contribution in [0.25, 0.3) is 31.3 Å². The Kier molecular flexibility index (Phi) is 11.8. The zero-order valence-electron chi connectivity index (χ0n) is 25.4. The van der Waals surface area contributed by atoms with Gasteiger partial charge < -0.3 is 33.2 Å². The molecule has 0 radical (unpaired) electrons. The van der Waals surface area contributed by atoms with Crippen molar-refractivity contribution in [1.29, 1.82) is 0 Å². The Morgan fingerprint density at radius 1 is 0.558 bits per heavy atom. The van der Waals surface area contributed by atoms with Gasteiger partial charge in [0.1, 0.15) is 12.2 Å². The van der Waals surface area contributed by atoms with Crippen molar-refractivity contribution in [2.24, 2.45) is 27.2 Å². The van der Waals surface area contributed by atoms with Crippen molar-refractivity contribution in [3.05, 3.63) is 31.3 Å². The smallest absolute Gasteiger partial charge is 0.303 e. The van der Waals surface area contributed by atoms with E-state index in [-0.39, 0.29) is 0 Å². The molecule has 0 aromatic rings. The Hall–Kier alpha value is -3.33. The molecule has 0 amide bonds. The van der Waals surface area contributed by atoms with E-state index in [1.807, 2.05) is 0 Å². The third-order valence-corrected chi connectivity index (χ3v) is 8.08. The molecule has 0 spiro atoms. The third-order valence-electron chi connectivity index (χ3n) is 8.08. The zero-order chi connectivity index (χ0) is 32.0. The Balaban J connectivity index is 2.03. The quantitative estimate of drug-likeness (QED) is 0.157. The van der Waals surface area contributed by atoms with Gasteiger partial charge in [-0.05, 0) is 50.2 Å². The molecule has 0 bridgehead atoms. The van der Waals surface area contributed by atoms with E-state index in [1.54, 1.807) is 41.5 Å². The molecule has 18 nitrogen and oxygen atoms in total. The molecule has 3 heterocycles. The fourth-order valence-corrected chi connectivity index (χ4v) is 6.02. The number of ether oxygens (including phenoxy) is 7. The average molecular weight is 610 g/mol. The summed E-state index contributed by atoms with van der Waals surface area (Å²) in [6.07, 6.45) is -8.81. The number of hydrogen-bond acceptors (Lipinski definition) is 12. The van der Waals surface area contributed by atoms with Gasteiger partial charge in [-0.15, -0.1) is 0 Å². The third kappa shape index (κ3) is 7.80. The number of hydrogen-bond donors (Lipinski definition) is 0. The van der Waals surface area contributed by atoms with Gasteiger partial charge in [-0.3, -0.25) is 9.59 Å². The summed E-state index contributed by atoms with van der Waals surface area (Å²) >= 11 is 0. The van der Waals surface area contributed by atoms with E-state index >= 15 is 0 Å². The van der Waals surface area contributed by atoms with Crippen LogP contribution in [-0.2, 0) is 42.7 Å². The summed E-state index contributed by atoms with van der Waals surface area (Å²) in [5.74, 6) is -2.23. The molecule has 3 saturated heterocycles. The summed E-state index contributed by atoms with van der Waals surface area (Å²) in [4.78, 5) is 32.9. The van der Waals surface area contributed by atoms with Gasteiger partial charge >= 0.3 is 11.9 Å². The second-order valence-corrected chi connectivity index (χ2v) is 11.1. The lowest BCUT2D eigenvalue weighted by molar-refractivity contribution is -0.349. The standard InChI is InChI=1S/C25H39N9O9/c1-9-17(29-32-26)11(3)38-24(20(9)40-15(7)35)42-21-10(2)18(30-33-27)12(4)39-25(21)43-23-19(31-34-28)13(5)37-14(6)22(23)41-16(8)36/h9-14,17-25H,1-8H3/t9-,10-,11?,12?,13?,14+,17-,18-,19+,20?,21?,22?,23-,24+,25+/m0/s1. The summed E-state index contributed by atoms with van der Waals surface area (Å²) < 4.78 is 42.2. The van der Waals surface area contributed by atoms with E-state index in [0.717, 1.165) is 0 Å². The summed E-state index contributed by atoms with van der Waals surface area (Å²) in [6, 6.07) is -2.27. The van der Waals surface area contributed by atoms with Gasteiger partial charge in [0, 0.05) is 34.5 Å². The Morgan fingerprint density at radius 2 is 0.953 bits per heavy atom. The molecule has 3 rings (SSSR count). The van der Waals surface area contributed by atoms with E-state index in [9.17, 15) is 20.7 Å². The molecule has 43 heavy (non-hydrogen) atoms. The molecular weight excluding hydrogens is 570 g/mol. The monoisotopic (exact) mass is 609 g/mol. The highest BCUT2D eigenvalue weighted by molar-refractivity contribution is 5.66. The highest BCUT2D eigenvalue weighted by atomic mass is 16.8. The number of azide groups is 3. The summed E-state index contributed by atoms with van der Waals surface area (Å²) in [7, 11) is 0. The largest absolute Gasteiger partial charge is 0.457 e. The van der Waals surface area contributed by atoms with Gasteiger partial charge in [0.2, 0.25) is 0 Å². The highest BCUT2D eigenvalue weighted by Crippen LogP contribution is 2.39. The van der Waals surface area contributed by atoms with Crippen molar-refractivity contribution in [3.63, 3.8) is 0 Å². The first-order valence-electron chi connectivity index (χ1n) is 14.1. The summed E-state index contributed by atoms with van der Waals surface area (Å²) in [6.45, 7) is 12.8. The first kappa shape index (κ1) is 34.2. The van der Waals surface area contributed by atoms with Crippen molar-refractivity contribution in [2.75, 3.05) is 0 Å². The molecule has 0 saturated carbocycles. The second-order valence-electron chi connectivity index (χ2n) is 11.1. The molecule has 6 unspecified atom stereocenters. The number of rotatable bonds is 9. The minimum Gasteiger partial charge on any atom is -0.457 e. The van der Waals surface area contributed by atoms with Crippen LogP contribution < -0.4 is 0 Å². The maximum absolute atomic E-state index is 12.1. The maximum Gasteiger partial charge on any atom is 0.303 e. The molecule has 3 fully saturated rings. The molecule has 0 aliphatic carbocycles. The topological polar surface area (TPSA) is 245 Å².